The van der Waals surface area contributed by atoms with Gasteiger partial charge in [-0.25, -0.2) is 0 Å². The molecule has 4 aliphatic carbocycles. The monoisotopic (exact) mass is 221 g/mol. The molecule has 2 atom stereocenters. The molecule has 4 rings (SSSR count). The number of amides is 1. The van der Waals surface area contributed by atoms with Crippen LogP contribution in [0.2, 0.25) is 0 Å². The summed E-state index contributed by atoms with van der Waals surface area (Å²) in [6.07, 6.45) is 7.34. The van der Waals surface area contributed by atoms with Gasteiger partial charge >= 0.3 is 0 Å². The largest absolute Gasteiger partial charge is 0.369 e. The standard InChI is InChI=1S/C14H23NO/c1-9(2)13-4-10-3-11(5-13)7-14(6-10,8-13)12(15)16/h9-11H,3-8H2,1-2H3,(H2,15,16). The first-order chi connectivity index (χ1) is 7.46. The number of carbonyl (C=O) groups excluding carboxylic acids is 1. The Bertz CT molecular complexity index is 320. The van der Waals surface area contributed by atoms with Gasteiger partial charge in [0.05, 0.1) is 5.41 Å². The predicted octanol–water partition coefficient (Wildman–Crippen LogP) is 2.71. The van der Waals surface area contributed by atoms with Gasteiger partial charge in [-0.05, 0) is 61.7 Å². The third-order valence-electron chi connectivity index (χ3n) is 5.85. The summed E-state index contributed by atoms with van der Waals surface area (Å²) in [5.74, 6) is 2.27. The van der Waals surface area contributed by atoms with Gasteiger partial charge in [0.15, 0.2) is 0 Å². The molecule has 1 amide bonds. The van der Waals surface area contributed by atoms with Crippen LogP contribution in [0.3, 0.4) is 0 Å². The summed E-state index contributed by atoms with van der Waals surface area (Å²) in [5.41, 5.74) is 6.04. The summed E-state index contributed by atoms with van der Waals surface area (Å²) in [7, 11) is 0. The Kier molecular flexibility index (Phi) is 2.01. The minimum Gasteiger partial charge on any atom is -0.369 e. The third-order valence-corrected chi connectivity index (χ3v) is 5.85. The van der Waals surface area contributed by atoms with E-state index in [1.807, 2.05) is 0 Å². The van der Waals surface area contributed by atoms with Crippen LogP contribution in [0.15, 0.2) is 0 Å². The molecule has 0 aromatic heterocycles. The maximum atomic E-state index is 11.8. The number of rotatable bonds is 2. The zero-order chi connectivity index (χ0) is 11.6. The molecule has 0 aromatic carbocycles. The van der Waals surface area contributed by atoms with E-state index in [1.165, 1.54) is 19.3 Å². The van der Waals surface area contributed by atoms with Crippen LogP contribution in [-0.4, -0.2) is 5.91 Å². The zero-order valence-electron chi connectivity index (χ0n) is 10.5. The molecule has 0 radical (unpaired) electrons. The number of primary amides is 1. The topological polar surface area (TPSA) is 43.1 Å². The van der Waals surface area contributed by atoms with E-state index in [1.54, 1.807) is 0 Å². The molecule has 4 saturated carbocycles. The van der Waals surface area contributed by atoms with Crippen molar-refractivity contribution in [3.8, 4) is 0 Å². The Morgan fingerprint density at radius 3 is 2.19 bits per heavy atom. The smallest absolute Gasteiger partial charge is 0.223 e. The molecule has 2 N–H and O–H groups in total. The average Bonchev–Trinajstić information content (AvgIpc) is 2.14. The Morgan fingerprint density at radius 1 is 1.19 bits per heavy atom. The highest BCUT2D eigenvalue weighted by Crippen LogP contribution is 2.67. The molecule has 0 aromatic rings. The summed E-state index contributed by atoms with van der Waals surface area (Å²) >= 11 is 0. The fourth-order valence-electron chi connectivity index (χ4n) is 5.30. The lowest BCUT2D eigenvalue weighted by molar-refractivity contribution is -0.160. The Morgan fingerprint density at radius 2 is 1.75 bits per heavy atom. The zero-order valence-corrected chi connectivity index (χ0v) is 10.5. The van der Waals surface area contributed by atoms with Crippen LogP contribution in [0.25, 0.3) is 0 Å². The maximum absolute atomic E-state index is 11.8. The lowest BCUT2D eigenvalue weighted by atomic mass is 9.42. The molecule has 4 bridgehead atoms. The number of hydrogen-bond donors (Lipinski definition) is 1. The summed E-state index contributed by atoms with van der Waals surface area (Å²) < 4.78 is 0. The maximum Gasteiger partial charge on any atom is 0.223 e. The number of nitrogens with two attached hydrogens (primary N) is 1. The van der Waals surface area contributed by atoms with Gasteiger partial charge in [0, 0.05) is 0 Å². The highest BCUT2D eigenvalue weighted by molar-refractivity contribution is 5.81. The Hall–Kier alpha value is -0.530. The third kappa shape index (κ3) is 1.22. The van der Waals surface area contributed by atoms with E-state index < -0.39 is 0 Å². The predicted molar refractivity (Wildman–Crippen MR) is 63.6 cm³/mol. The van der Waals surface area contributed by atoms with Gasteiger partial charge in [0.2, 0.25) is 5.91 Å². The van der Waals surface area contributed by atoms with E-state index in [-0.39, 0.29) is 11.3 Å². The van der Waals surface area contributed by atoms with Crippen LogP contribution in [-0.2, 0) is 4.79 Å². The molecule has 2 nitrogen and oxygen atoms in total. The minimum atomic E-state index is -0.117. The van der Waals surface area contributed by atoms with Crippen LogP contribution in [0.4, 0.5) is 0 Å². The second-order valence-electron chi connectivity index (χ2n) is 7.12. The van der Waals surface area contributed by atoms with Crippen molar-refractivity contribution in [2.24, 2.45) is 34.3 Å². The Balaban J connectivity index is 2.00. The van der Waals surface area contributed by atoms with Gasteiger partial charge in [-0.2, -0.15) is 0 Å². The van der Waals surface area contributed by atoms with Crippen LogP contribution in [0.1, 0.15) is 52.4 Å². The first kappa shape index (κ1) is 10.6. The molecule has 2 unspecified atom stereocenters. The van der Waals surface area contributed by atoms with Gasteiger partial charge in [0.1, 0.15) is 0 Å². The molecule has 4 aliphatic rings. The SMILES string of the molecule is CC(C)C12CC3CC(CC(C(N)=O)(C3)C1)C2. The van der Waals surface area contributed by atoms with E-state index >= 15 is 0 Å². The quantitative estimate of drug-likeness (QED) is 0.765. The fraction of sp³-hybridized carbons (Fsp3) is 0.929. The fourth-order valence-corrected chi connectivity index (χ4v) is 5.30. The number of hydrogen-bond acceptors (Lipinski definition) is 1. The second-order valence-corrected chi connectivity index (χ2v) is 7.12. The lowest BCUT2D eigenvalue weighted by Crippen LogP contribution is -2.58. The van der Waals surface area contributed by atoms with Gasteiger partial charge in [0.25, 0.3) is 0 Å². The van der Waals surface area contributed by atoms with Gasteiger partial charge < -0.3 is 5.73 Å². The Labute approximate surface area is 98.0 Å². The van der Waals surface area contributed by atoms with E-state index in [4.69, 9.17) is 5.73 Å². The van der Waals surface area contributed by atoms with Crippen LogP contribution >= 0.6 is 0 Å². The lowest BCUT2D eigenvalue weighted by Gasteiger charge is -2.62. The molecule has 0 saturated heterocycles. The van der Waals surface area contributed by atoms with Gasteiger partial charge in [-0.15, -0.1) is 0 Å². The molecule has 0 aliphatic heterocycles. The van der Waals surface area contributed by atoms with Crippen molar-refractivity contribution in [3.05, 3.63) is 0 Å². The summed E-state index contributed by atoms with van der Waals surface area (Å²) in [4.78, 5) is 11.8. The van der Waals surface area contributed by atoms with Crippen molar-refractivity contribution in [2.75, 3.05) is 0 Å². The van der Waals surface area contributed by atoms with Gasteiger partial charge in [-0.3, -0.25) is 4.79 Å². The minimum absolute atomic E-state index is 0.00775. The molecular weight excluding hydrogens is 198 g/mol. The first-order valence-electron chi connectivity index (χ1n) is 6.76. The van der Waals surface area contributed by atoms with Crippen molar-refractivity contribution in [1.29, 1.82) is 0 Å². The highest BCUT2D eigenvalue weighted by atomic mass is 16.1. The highest BCUT2D eigenvalue weighted by Gasteiger charge is 2.60. The molecule has 90 valence electrons. The van der Waals surface area contributed by atoms with E-state index in [2.05, 4.69) is 13.8 Å². The van der Waals surface area contributed by atoms with Crippen molar-refractivity contribution in [2.45, 2.75) is 52.4 Å². The summed E-state index contributed by atoms with van der Waals surface area (Å²) in [6, 6.07) is 0. The summed E-state index contributed by atoms with van der Waals surface area (Å²) in [6.45, 7) is 4.67. The van der Waals surface area contributed by atoms with Crippen molar-refractivity contribution < 1.29 is 4.79 Å². The van der Waals surface area contributed by atoms with Crippen LogP contribution < -0.4 is 5.73 Å². The van der Waals surface area contributed by atoms with Crippen LogP contribution in [0, 0.1) is 28.6 Å². The number of carbonyl (C=O) groups is 1. The van der Waals surface area contributed by atoms with Crippen LogP contribution in [0.5, 0.6) is 0 Å². The van der Waals surface area contributed by atoms with E-state index in [0.29, 0.717) is 11.3 Å². The normalized spacial score (nSPS) is 49.9. The average molecular weight is 221 g/mol. The first-order valence-corrected chi connectivity index (χ1v) is 6.76. The molecule has 2 heteroatoms. The van der Waals surface area contributed by atoms with Crippen molar-refractivity contribution in [1.82, 2.24) is 0 Å². The van der Waals surface area contributed by atoms with Gasteiger partial charge in [-0.1, -0.05) is 13.8 Å². The van der Waals surface area contributed by atoms with Crippen molar-refractivity contribution in [3.63, 3.8) is 0 Å². The molecule has 0 spiro atoms. The van der Waals surface area contributed by atoms with E-state index in [9.17, 15) is 4.79 Å². The molecule has 0 heterocycles. The molecule has 4 fully saturated rings. The second kappa shape index (κ2) is 3.02. The van der Waals surface area contributed by atoms with Crippen molar-refractivity contribution >= 4 is 5.91 Å². The molecular formula is C14H23NO. The summed E-state index contributed by atoms with van der Waals surface area (Å²) in [5, 5.41) is 0. The molecule has 16 heavy (non-hydrogen) atoms. The van der Waals surface area contributed by atoms with E-state index in [0.717, 1.165) is 31.1 Å².